The Morgan fingerprint density at radius 1 is 0.885 bits per heavy atom. The molecule has 9 unspecified atom stereocenters. The summed E-state index contributed by atoms with van der Waals surface area (Å²) in [4.78, 5) is 0. The van der Waals surface area contributed by atoms with Gasteiger partial charge in [-0.05, 0) is 91.3 Å². The van der Waals surface area contributed by atoms with Crippen LogP contribution in [0.4, 0.5) is 0 Å². The minimum Gasteiger partial charge on any atom is -0.393 e. The topological polar surface area (TPSA) is 20.2 Å². The maximum atomic E-state index is 11.2. The van der Waals surface area contributed by atoms with Gasteiger partial charge in [0.1, 0.15) is 0 Å². The molecule has 0 aromatic heterocycles. The second-order valence-electron chi connectivity index (χ2n) is 10.8. The van der Waals surface area contributed by atoms with E-state index in [2.05, 4.69) is 27.7 Å². The van der Waals surface area contributed by atoms with E-state index in [0.29, 0.717) is 16.7 Å². The summed E-state index contributed by atoms with van der Waals surface area (Å²) < 4.78 is 0. The van der Waals surface area contributed by atoms with Crippen molar-refractivity contribution in [2.45, 2.75) is 112 Å². The third-order valence-electron chi connectivity index (χ3n) is 9.78. The van der Waals surface area contributed by atoms with Gasteiger partial charge >= 0.3 is 0 Å². The van der Waals surface area contributed by atoms with Crippen molar-refractivity contribution in [3.8, 4) is 0 Å². The van der Waals surface area contributed by atoms with Crippen LogP contribution in [0.5, 0.6) is 0 Å². The van der Waals surface area contributed by atoms with Crippen LogP contribution in [0.2, 0.25) is 0 Å². The zero-order valence-corrected chi connectivity index (χ0v) is 18.6. The van der Waals surface area contributed by atoms with E-state index >= 15 is 0 Å². The van der Waals surface area contributed by atoms with Crippen molar-refractivity contribution >= 4 is 0 Å². The molecule has 0 heterocycles. The van der Waals surface area contributed by atoms with Gasteiger partial charge in [-0.1, -0.05) is 60.8 Å². The van der Waals surface area contributed by atoms with Crippen LogP contribution in [-0.2, 0) is 0 Å². The van der Waals surface area contributed by atoms with Gasteiger partial charge in [0.2, 0.25) is 0 Å². The first-order valence-electron chi connectivity index (χ1n) is 12.1. The molecular weight excluding hydrogens is 316 g/mol. The van der Waals surface area contributed by atoms with Gasteiger partial charge in [0.25, 0.3) is 0 Å². The van der Waals surface area contributed by atoms with Crippen LogP contribution < -0.4 is 0 Å². The van der Waals surface area contributed by atoms with E-state index in [1.807, 2.05) is 13.8 Å². The van der Waals surface area contributed by atoms with Crippen LogP contribution in [-0.4, -0.2) is 11.2 Å². The first-order chi connectivity index (χ1) is 12.4. The molecule has 1 heteroatoms. The fourth-order valence-corrected chi connectivity index (χ4v) is 8.37. The normalized spacial score (nSPS) is 53.0. The van der Waals surface area contributed by atoms with E-state index in [0.717, 1.165) is 36.0 Å². The van der Waals surface area contributed by atoms with E-state index in [1.165, 1.54) is 57.8 Å². The highest BCUT2D eigenvalue weighted by molar-refractivity contribution is 5.11. The molecule has 0 aromatic rings. The van der Waals surface area contributed by atoms with Crippen molar-refractivity contribution in [2.75, 3.05) is 0 Å². The molecule has 4 aliphatic carbocycles. The van der Waals surface area contributed by atoms with Crippen molar-refractivity contribution in [1.29, 1.82) is 0 Å². The highest BCUT2D eigenvalue weighted by atomic mass is 16.3. The van der Waals surface area contributed by atoms with Crippen LogP contribution in [0.3, 0.4) is 0 Å². The summed E-state index contributed by atoms with van der Waals surface area (Å²) >= 11 is 0. The molecular formula is C25H46O. The van der Waals surface area contributed by atoms with Gasteiger partial charge in [0.05, 0.1) is 6.10 Å². The summed E-state index contributed by atoms with van der Waals surface area (Å²) in [6.45, 7) is 14.0. The predicted molar refractivity (Wildman–Crippen MR) is 112 cm³/mol. The van der Waals surface area contributed by atoms with Crippen molar-refractivity contribution in [1.82, 2.24) is 0 Å². The second kappa shape index (κ2) is 7.76. The van der Waals surface area contributed by atoms with Gasteiger partial charge in [-0.25, -0.2) is 0 Å². The molecule has 0 bridgehead atoms. The Balaban J connectivity index is 0.000000948. The first-order valence-corrected chi connectivity index (χ1v) is 12.1. The number of hydrogen-bond donors (Lipinski definition) is 1. The van der Waals surface area contributed by atoms with E-state index in [1.54, 1.807) is 0 Å². The molecule has 0 amide bonds. The minimum absolute atomic E-state index is 0.0108. The zero-order chi connectivity index (χ0) is 19.1. The number of hydrogen-bond acceptors (Lipinski definition) is 1. The quantitative estimate of drug-likeness (QED) is 0.556. The van der Waals surface area contributed by atoms with E-state index in [4.69, 9.17) is 0 Å². The van der Waals surface area contributed by atoms with E-state index < -0.39 is 0 Å². The summed E-state index contributed by atoms with van der Waals surface area (Å²) in [6, 6.07) is 0. The third kappa shape index (κ3) is 3.09. The molecule has 4 rings (SSSR count). The van der Waals surface area contributed by atoms with Gasteiger partial charge < -0.3 is 5.11 Å². The first kappa shape index (κ1) is 20.7. The molecule has 4 saturated carbocycles. The van der Waals surface area contributed by atoms with Crippen LogP contribution in [0, 0.1) is 46.3 Å². The lowest BCUT2D eigenvalue weighted by Crippen LogP contribution is -2.58. The van der Waals surface area contributed by atoms with E-state index in [9.17, 15) is 5.11 Å². The van der Waals surface area contributed by atoms with Crippen LogP contribution in [0.1, 0.15) is 106 Å². The molecule has 0 radical (unpaired) electrons. The molecule has 0 saturated heterocycles. The fraction of sp³-hybridized carbons (Fsp3) is 1.00. The molecule has 1 nitrogen and oxygen atoms in total. The maximum Gasteiger partial charge on any atom is 0.0577 e. The molecule has 1 N–H and O–H groups in total. The molecule has 0 aromatic carbocycles. The molecule has 26 heavy (non-hydrogen) atoms. The van der Waals surface area contributed by atoms with Crippen molar-refractivity contribution in [3.05, 3.63) is 0 Å². The largest absolute Gasteiger partial charge is 0.393 e. The Labute approximate surface area is 163 Å². The number of aliphatic hydroxyl groups is 1. The average Bonchev–Trinajstić information content (AvgIpc) is 2.95. The third-order valence-corrected chi connectivity index (χ3v) is 9.78. The predicted octanol–water partition coefficient (Wildman–Crippen LogP) is 7.08. The summed E-state index contributed by atoms with van der Waals surface area (Å²) in [7, 11) is 0. The molecule has 152 valence electrons. The number of aliphatic hydroxyl groups excluding tert-OH is 1. The summed E-state index contributed by atoms with van der Waals surface area (Å²) in [5, 5.41) is 11.2. The van der Waals surface area contributed by atoms with Gasteiger partial charge in [0.15, 0.2) is 0 Å². The molecule has 4 fully saturated rings. The molecule has 0 spiro atoms. The Bertz CT molecular complexity index is 473. The van der Waals surface area contributed by atoms with Gasteiger partial charge in [-0.15, -0.1) is 0 Å². The van der Waals surface area contributed by atoms with Crippen LogP contribution in [0.15, 0.2) is 0 Å². The van der Waals surface area contributed by atoms with Crippen LogP contribution >= 0.6 is 0 Å². The minimum atomic E-state index is -0.0108. The second-order valence-corrected chi connectivity index (χ2v) is 10.8. The Kier molecular flexibility index (Phi) is 6.18. The fourth-order valence-electron chi connectivity index (χ4n) is 8.37. The van der Waals surface area contributed by atoms with Crippen molar-refractivity contribution < 1.29 is 5.11 Å². The highest BCUT2D eigenvalue weighted by Crippen LogP contribution is 2.68. The van der Waals surface area contributed by atoms with Gasteiger partial charge in [-0.2, -0.15) is 0 Å². The molecule has 9 atom stereocenters. The summed E-state index contributed by atoms with van der Waals surface area (Å²) in [5.74, 6) is 4.81. The maximum absolute atomic E-state index is 11.2. The SMILES string of the molecule is CC.CCCC1CCC2C3C(O)CC4CC(C)CCC4(C)C3CCC12C. The summed E-state index contributed by atoms with van der Waals surface area (Å²) in [5.41, 5.74) is 1.06. The molecule has 4 aliphatic rings. The number of fused-ring (bicyclic) bond motifs is 5. The average molecular weight is 363 g/mol. The monoisotopic (exact) mass is 362 g/mol. The van der Waals surface area contributed by atoms with Gasteiger partial charge in [-0.3, -0.25) is 0 Å². The zero-order valence-electron chi connectivity index (χ0n) is 18.6. The Morgan fingerprint density at radius 3 is 2.23 bits per heavy atom. The van der Waals surface area contributed by atoms with Crippen molar-refractivity contribution in [2.24, 2.45) is 46.3 Å². The number of rotatable bonds is 2. The summed E-state index contributed by atoms with van der Waals surface area (Å²) in [6.07, 6.45) is 13.7. The highest BCUT2D eigenvalue weighted by Gasteiger charge is 2.61. The van der Waals surface area contributed by atoms with Crippen molar-refractivity contribution in [3.63, 3.8) is 0 Å². The lowest BCUT2D eigenvalue weighted by molar-refractivity contribution is -0.167. The standard InChI is InChI=1S/C23H40O.C2H6/c1-5-6-16-7-8-18-21-19(10-12-22(16,18)3)23(4)11-9-15(2)13-17(23)14-20(21)24;1-2/h15-21,24H,5-14H2,1-4H3;1-2H3. The Hall–Kier alpha value is -0.0400. The molecule has 0 aliphatic heterocycles. The van der Waals surface area contributed by atoms with Crippen LogP contribution in [0.25, 0.3) is 0 Å². The Morgan fingerprint density at radius 2 is 1.54 bits per heavy atom. The van der Waals surface area contributed by atoms with E-state index in [-0.39, 0.29) is 6.10 Å². The lowest BCUT2D eigenvalue weighted by Gasteiger charge is -2.62. The smallest absolute Gasteiger partial charge is 0.0577 e. The van der Waals surface area contributed by atoms with Gasteiger partial charge in [0, 0.05) is 0 Å². The lowest BCUT2D eigenvalue weighted by atomic mass is 9.43.